The minimum Gasteiger partial charge on any atom is -1.00 e. The number of hydrogen-bond acceptors (Lipinski definition) is 0. The van der Waals surface area contributed by atoms with Crippen LogP contribution in [0.4, 0.5) is 0 Å². The van der Waals surface area contributed by atoms with Crippen LogP contribution in [0.25, 0.3) is 0 Å². The first-order chi connectivity index (χ1) is 0. The summed E-state index contributed by atoms with van der Waals surface area (Å²) in [6.07, 6.45) is 0. The second-order valence-electron chi connectivity index (χ2n) is 0. The summed E-state index contributed by atoms with van der Waals surface area (Å²) in [4.78, 5) is 0. The van der Waals surface area contributed by atoms with Gasteiger partial charge in [-0.05, 0) is 0 Å². The van der Waals surface area contributed by atoms with Crippen LogP contribution in [0, 0.1) is 0 Å². The molecule has 0 aromatic heterocycles. The van der Waals surface area contributed by atoms with E-state index in [-0.39, 0.29) is 173 Å². The molecule has 0 nitrogen and oxygen atoms in total. The average molecular weight is 329 g/mol. The molecule has 0 fully saturated rings. The third kappa shape index (κ3) is 62.3. The Morgan fingerprint density at radius 3 is 0.556 bits per heavy atom. The van der Waals surface area contributed by atoms with Gasteiger partial charge in [-0.3, -0.25) is 0 Å². The van der Waals surface area contributed by atoms with Crippen molar-refractivity contribution in [2.45, 2.75) is 0 Å². The van der Waals surface area contributed by atoms with Gasteiger partial charge >= 0.3 is 89.1 Å². The summed E-state index contributed by atoms with van der Waals surface area (Å²) in [7, 11) is 0. The second-order valence-corrected chi connectivity index (χ2v) is 0. The van der Waals surface area contributed by atoms with Crippen molar-refractivity contribution in [2.24, 2.45) is 0 Å². The Bertz CT molecular complexity index is 13.0. The zero-order valence-corrected chi connectivity index (χ0v) is 16.2. The molecule has 0 aliphatic rings. The predicted octanol–water partition coefficient (Wildman–Crippen LogP) is -11.0. The summed E-state index contributed by atoms with van der Waals surface area (Å²) in [5, 5.41) is 0. The third-order valence-electron chi connectivity index (χ3n) is 0. The molecule has 0 heterocycles. The summed E-state index contributed by atoms with van der Waals surface area (Å²) >= 11 is 0. The maximum atomic E-state index is 0. The molecule has 0 spiro atoms. The van der Waals surface area contributed by atoms with Crippen LogP contribution in [0.2, 0.25) is 0 Å². The van der Waals surface area contributed by atoms with E-state index in [9.17, 15) is 0 Å². The van der Waals surface area contributed by atoms with Crippen molar-refractivity contribution in [3.05, 3.63) is 0 Å². The van der Waals surface area contributed by atoms with E-state index >= 15 is 0 Å². The molecule has 0 rings (SSSR count). The minimum absolute atomic E-state index is 0. The molecule has 56 valence electrons. The second kappa shape index (κ2) is 74.1. The van der Waals surface area contributed by atoms with Gasteiger partial charge in [-0.2, -0.15) is 9.90 Å². The first-order valence-electron chi connectivity index (χ1n) is 0. The Balaban J connectivity index is 0. The van der Waals surface area contributed by atoms with Crippen molar-refractivity contribution in [1.29, 1.82) is 0 Å². The number of hydrogen-bond donors (Lipinski definition) is 0. The Morgan fingerprint density at radius 1 is 0.556 bits per heavy atom. The maximum absolute atomic E-state index is 0. The molecule has 1 unspecified atom stereocenters. The largest absolute Gasteiger partial charge is 2.00 e. The fourth-order valence-electron chi connectivity index (χ4n) is 0. The Morgan fingerprint density at radius 2 is 0.556 bits per heavy atom. The van der Waals surface area contributed by atoms with Gasteiger partial charge in [0.1, 0.15) is 0 Å². The van der Waals surface area contributed by atoms with E-state index < -0.39 is 0 Å². The topological polar surface area (TPSA) is 0 Å². The monoisotopic (exact) mass is 326 g/mol. The summed E-state index contributed by atoms with van der Waals surface area (Å²) in [5.74, 6) is 0. The molecule has 9 heteroatoms. The summed E-state index contributed by atoms with van der Waals surface area (Å²) < 4.78 is 0. The van der Waals surface area contributed by atoms with Crippen molar-refractivity contribution in [3.8, 4) is 0 Å². The van der Waals surface area contributed by atoms with Gasteiger partial charge in [0.25, 0.3) is 0 Å². The van der Waals surface area contributed by atoms with Gasteiger partial charge in [0.15, 0.2) is 0 Å². The molecule has 0 radical (unpaired) electrons. The molecule has 0 saturated heterocycles. The van der Waals surface area contributed by atoms with Crippen LogP contribution in [0.5, 0.6) is 0 Å². The van der Waals surface area contributed by atoms with Crippen LogP contribution in [0.15, 0.2) is 0 Å². The van der Waals surface area contributed by atoms with Crippen molar-refractivity contribution in [3.63, 3.8) is 0 Å². The first kappa shape index (κ1) is 93.6. The van der Waals surface area contributed by atoms with Gasteiger partial charge in [0.05, 0.1) is 0 Å². The molecular formula is H6CaCl6KP. The number of halogens is 6. The molecule has 0 aromatic rings. The Kier molecular flexibility index (Phi) is 771. The molecule has 0 aliphatic heterocycles. The summed E-state index contributed by atoms with van der Waals surface area (Å²) in [6, 6.07) is 0. The minimum atomic E-state index is 0. The van der Waals surface area contributed by atoms with E-state index in [0.29, 0.717) is 0 Å². The van der Waals surface area contributed by atoms with Gasteiger partial charge in [0, 0.05) is 0 Å². The van der Waals surface area contributed by atoms with E-state index in [4.69, 9.17) is 0 Å². The van der Waals surface area contributed by atoms with E-state index in [1.807, 2.05) is 0 Å². The summed E-state index contributed by atoms with van der Waals surface area (Å²) in [6.45, 7) is 0. The SMILES string of the molecule is Cl.Cl.Cl.P.[Ca+2].[Cl-].[Cl-].[Cl-].[K+]. The van der Waals surface area contributed by atoms with E-state index in [2.05, 4.69) is 0 Å². The van der Waals surface area contributed by atoms with Gasteiger partial charge in [-0.15, -0.1) is 37.2 Å². The maximum Gasteiger partial charge on any atom is 2.00 e. The smallest absolute Gasteiger partial charge is 1.00 e. The summed E-state index contributed by atoms with van der Waals surface area (Å²) in [5.41, 5.74) is 0. The molecule has 0 N–H and O–H groups in total. The molecule has 1 atom stereocenters. The Labute approximate surface area is 169 Å². The molecule has 0 aromatic carbocycles. The van der Waals surface area contributed by atoms with Crippen LogP contribution in [-0.2, 0) is 0 Å². The fraction of sp³-hybridized carbons (Fsp3) is 0. The van der Waals surface area contributed by atoms with Crippen LogP contribution in [0.3, 0.4) is 0 Å². The van der Waals surface area contributed by atoms with Crippen molar-refractivity contribution in [1.82, 2.24) is 0 Å². The van der Waals surface area contributed by atoms with Crippen LogP contribution in [0.1, 0.15) is 0 Å². The fourth-order valence-corrected chi connectivity index (χ4v) is 0. The zero-order chi connectivity index (χ0) is 0. The van der Waals surface area contributed by atoms with E-state index in [1.54, 1.807) is 0 Å². The van der Waals surface area contributed by atoms with E-state index in [1.165, 1.54) is 0 Å². The van der Waals surface area contributed by atoms with E-state index in [0.717, 1.165) is 0 Å². The average Bonchev–Trinajstić information content (AvgIpc) is 0. The van der Waals surface area contributed by atoms with Crippen molar-refractivity contribution < 1.29 is 88.6 Å². The number of rotatable bonds is 0. The standard InChI is InChI=1S/Ca.6ClH.K.H3P/h;6*1H;;1H3/q+2;;;;;;;+1;/p-3. The molecule has 9 heavy (non-hydrogen) atoms. The van der Waals surface area contributed by atoms with Gasteiger partial charge in [-0.1, -0.05) is 0 Å². The van der Waals surface area contributed by atoms with Gasteiger partial charge in [-0.25, -0.2) is 0 Å². The molecule has 0 amide bonds. The van der Waals surface area contributed by atoms with Crippen LogP contribution >= 0.6 is 47.1 Å². The molecule has 0 aliphatic carbocycles. The van der Waals surface area contributed by atoms with Crippen molar-refractivity contribution >= 4 is 84.9 Å². The van der Waals surface area contributed by atoms with Crippen LogP contribution in [-0.4, -0.2) is 37.7 Å². The van der Waals surface area contributed by atoms with Gasteiger partial charge < -0.3 is 37.2 Å². The molecule has 0 bridgehead atoms. The first-order valence-corrected chi connectivity index (χ1v) is 0. The predicted molar refractivity (Wildman–Crippen MR) is 38.6 cm³/mol. The van der Waals surface area contributed by atoms with Crippen molar-refractivity contribution in [2.75, 3.05) is 0 Å². The molecular weight excluding hydrogens is 323 g/mol. The normalized spacial score (nSPS) is 0. The van der Waals surface area contributed by atoms with Gasteiger partial charge in [0.2, 0.25) is 0 Å². The van der Waals surface area contributed by atoms with Crippen LogP contribution < -0.4 is 88.6 Å². The third-order valence-corrected chi connectivity index (χ3v) is 0. The Hall–Kier alpha value is 5.07. The molecule has 0 saturated carbocycles. The quantitative estimate of drug-likeness (QED) is 0.306. The zero-order valence-electron chi connectivity index (χ0n) is 4.77.